The molecule has 0 saturated carbocycles. The number of hydrogen-bond acceptors (Lipinski definition) is 2. The van der Waals surface area contributed by atoms with Gasteiger partial charge in [-0.1, -0.05) is 41.9 Å². The second-order valence-corrected chi connectivity index (χ2v) is 5.47. The molecule has 0 fully saturated rings. The molecule has 0 radical (unpaired) electrons. The summed E-state index contributed by atoms with van der Waals surface area (Å²) in [5, 5.41) is 5.33. The van der Waals surface area contributed by atoms with E-state index < -0.39 is 0 Å². The van der Waals surface area contributed by atoms with E-state index in [1.54, 1.807) is 0 Å². The molecule has 0 amide bonds. The molecule has 0 aliphatic carbocycles. The van der Waals surface area contributed by atoms with Gasteiger partial charge in [-0.25, -0.2) is 0 Å². The van der Waals surface area contributed by atoms with Crippen LogP contribution in [0.2, 0.25) is 5.02 Å². The molecule has 0 saturated heterocycles. The summed E-state index contributed by atoms with van der Waals surface area (Å²) in [4.78, 5) is 4.35. The van der Waals surface area contributed by atoms with Gasteiger partial charge in [-0.15, -0.1) is 0 Å². The van der Waals surface area contributed by atoms with Gasteiger partial charge in [0.25, 0.3) is 0 Å². The Hall–Kier alpha value is -2.06. The van der Waals surface area contributed by atoms with Gasteiger partial charge in [0.2, 0.25) is 0 Å². The standard InChI is InChI=1S/C18H17ClN2/c19-15-8-9-16-17(10-12-21-18(16)13-15)20-11-4-7-14-5-2-1-3-6-14/h1-3,5-6,8-10,12-13H,4,7,11H2,(H,20,21). The third-order valence-corrected chi connectivity index (χ3v) is 3.74. The first kappa shape index (κ1) is 13.9. The number of fused-ring (bicyclic) bond motifs is 1. The molecule has 106 valence electrons. The molecule has 0 aliphatic rings. The van der Waals surface area contributed by atoms with Crippen molar-refractivity contribution in [3.8, 4) is 0 Å². The van der Waals surface area contributed by atoms with Gasteiger partial charge in [0.05, 0.1) is 5.52 Å². The van der Waals surface area contributed by atoms with E-state index >= 15 is 0 Å². The first-order chi connectivity index (χ1) is 10.3. The average molecular weight is 297 g/mol. The highest BCUT2D eigenvalue weighted by Crippen LogP contribution is 2.24. The number of benzene rings is 2. The summed E-state index contributed by atoms with van der Waals surface area (Å²) >= 11 is 6.01. The van der Waals surface area contributed by atoms with Crippen molar-refractivity contribution in [2.75, 3.05) is 11.9 Å². The van der Waals surface area contributed by atoms with Crippen molar-refractivity contribution >= 4 is 28.2 Å². The third-order valence-electron chi connectivity index (χ3n) is 3.51. The van der Waals surface area contributed by atoms with Crippen LogP contribution < -0.4 is 5.32 Å². The minimum Gasteiger partial charge on any atom is -0.384 e. The van der Waals surface area contributed by atoms with E-state index in [0.717, 1.165) is 41.0 Å². The summed E-state index contributed by atoms with van der Waals surface area (Å²) in [6.07, 6.45) is 4.00. The van der Waals surface area contributed by atoms with Gasteiger partial charge >= 0.3 is 0 Å². The summed E-state index contributed by atoms with van der Waals surface area (Å²) in [6, 6.07) is 18.4. The first-order valence-electron chi connectivity index (χ1n) is 7.15. The zero-order valence-corrected chi connectivity index (χ0v) is 12.5. The lowest BCUT2D eigenvalue weighted by atomic mass is 10.1. The van der Waals surface area contributed by atoms with Crippen molar-refractivity contribution < 1.29 is 0 Å². The fourth-order valence-corrected chi connectivity index (χ4v) is 2.60. The van der Waals surface area contributed by atoms with Crippen molar-refractivity contribution in [2.24, 2.45) is 0 Å². The molecule has 1 N–H and O–H groups in total. The fraction of sp³-hybridized carbons (Fsp3) is 0.167. The highest BCUT2D eigenvalue weighted by Gasteiger charge is 2.02. The van der Waals surface area contributed by atoms with Crippen LogP contribution in [-0.4, -0.2) is 11.5 Å². The van der Waals surface area contributed by atoms with Crippen LogP contribution in [0.25, 0.3) is 10.9 Å². The molecule has 3 heteroatoms. The Balaban J connectivity index is 1.63. The fourth-order valence-electron chi connectivity index (χ4n) is 2.44. The molecule has 0 bridgehead atoms. The zero-order valence-electron chi connectivity index (χ0n) is 11.7. The van der Waals surface area contributed by atoms with Crippen LogP contribution in [0.4, 0.5) is 5.69 Å². The van der Waals surface area contributed by atoms with Crippen molar-refractivity contribution in [1.29, 1.82) is 0 Å². The predicted octanol–water partition coefficient (Wildman–Crippen LogP) is 4.93. The Labute approximate surface area is 129 Å². The SMILES string of the molecule is Clc1ccc2c(NCCCc3ccccc3)ccnc2c1. The zero-order chi connectivity index (χ0) is 14.5. The molecule has 2 aromatic carbocycles. The van der Waals surface area contributed by atoms with Crippen molar-refractivity contribution in [2.45, 2.75) is 12.8 Å². The van der Waals surface area contributed by atoms with Crippen LogP contribution in [0.3, 0.4) is 0 Å². The van der Waals surface area contributed by atoms with Gasteiger partial charge in [0.15, 0.2) is 0 Å². The predicted molar refractivity (Wildman–Crippen MR) is 90.0 cm³/mol. The minimum atomic E-state index is 0.719. The Morgan fingerprint density at radius 3 is 2.71 bits per heavy atom. The van der Waals surface area contributed by atoms with Gasteiger partial charge in [0, 0.05) is 28.8 Å². The maximum atomic E-state index is 6.01. The number of nitrogens with one attached hydrogen (secondary N) is 1. The minimum absolute atomic E-state index is 0.719. The summed E-state index contributed by atoms with van der Waals surface area (Å²) in [5.74, 6) is 0. The summed E-state index contributed by atoms with van der Waals surface area (Å²) in [5.41, 5.74) is 3.42. The number of nitrogens with zero attached hydrogens (tertiary/aromatic N) is 1. The number of pyridine rings is 1. The summed E-state index contributed by atoms with van der Waals surface area (Å²) in [6.45, 7) is 0.941. The lowest BCUT2D eigenvalue weighted by Crippen LogP contribution is -2.03. The molecule has 0 aliphatic heterocycles. The molecule has 2 nitrogen and oxygen atoms in total. The van der Waals surface area contributed by atoms with Crippen molar-refractivity contribution in [3.63, 3.8) is 0 Å². The molecule has 3 rings (SSSR count). The highest BCUT2D eigenvalue weighted by molar-refractivity contribution is 6.31. The van der Waals surface area contributed by atoms with Gasteiger partial charge in [-0.3, -0.25) is 4.98 Å². The van der Waals surface area contributed by atoms with Gasteiger partial charge in [-0.2, -0.15) is 0 Å². The number of hydrogen-bond donors (Lipinski definition) is 1. The van der Waals surface area contributed by atoms with Gasteiger partial charge < -0.3 is 5.32 Å². The maximum Gasteiger partial charge on any atom is 0.0737 e. The maximum absolute atomic E-state index is 6.01. The van der Waals surface area contributed by atoms with Gasteiger partial charge in [-0.05, 0) is 42.7 Å². The second kappa shape index (κ2) is 6.59. The smallest absolute Gasteiger partial charge is 0.0737 e. The first-order valence-corrected chi connectivity index (χ1v) is 7.53. The number of aromatic nitrogens is 1. The van der Waals surface area contributed by atoms with Crippen molar-refractivity contribution in [1.82, 2.24) is 4.98 Å². The average Bonchev–Trinajstić information content (AvgIpc) is 2.52. The summed E-state index contributed by atoms with van der Waals surface area (Å²) < 4.78 is 0. The van der Waals surface area contributed by atoms with Crippen LogP contribution in [-0.2, 0) is 6.42 Å². The van der Waals surface area contributed by atoms with E-state index in [9.17, 15) is 0 Å². The van der Waals surface area contributed by atoms with E-state index in [1.165, 1.54) is 5.56 Å². The lowest BCUT2D eigenvalue weighted by molar-refractivity contribution is 0.864. The van der Waals surface area contributed by atoms with Crippen LogP contribution in [0, 0.1) is 0 Å². The van der Waals surface area contributed by atoms with Crippen LogP contribution >= 0.6 is 11.6 Å². The number of aryl methyl sites for hydroxylation is 1. The number of rotatable bonds is 5. The summed E-state index contributed by atoms with van der Waals surface area (Å²) in [7, 11) is 0. The quantitative estimate of drug-likeness (QED) is 0.675. The van der Waals surface area contributed by atoms with E-state index in [-0.39, 0.29) is 0 Å². The Bertz CT molecular complexity index is 726. The molecule has 0 unspecified atom stereocenters. The largest absolute Gasteiger partial charge is 0.384 e. The molecular weight excluding hydrogens is 280 g/mol. The second-order valence-electron chi connectivity index (χ2n) is 5.04. The topological polar surface area (TPSA) is 24.9 Å². The molecule has 3 aromatic rings. The van der Waals surface area contributed by atoms with Crippen LogP contribution in [0.5, 0.6) is 0 Å². The van der Waals surface area contributed by atoms with E-state index in [4.69, 9.17) is 11.6 Å². The molecular formula is C18H17ClN2. The molecule has 0 atom stereocenters. The Kier molecular flexibility index (Phi) is 4.37. The van der Waals surface area contributed by atoms with E-state index in [1.807, 2.05) is 30.5 Å². The molecule has 0 spiro atoms. The normalized spacial score (nSPS) is 10.7. The van der Waals surface area contributed by atoms with Crippen LogP contribution in [0.15, 0.2) is 60.8 Å². The molecule has 21 heavy (non-hydrogen) atoms. The highest BCUT2D eigenvalue weighted by atomic mass is 35.5. The van der Waals surface area contributed by atoms with Crippen LogP contribution in [0.1, 0.15) is 12.0 Å². The molecule has 1 aromatic heterocycles. The van der Waals surface area contributed by atoms with Crippen molar-refractivity contribution in [3.05, 3.63) is 71.4 Å². The van der Waals surface area contributed by atoms with E-state index in [0.29, 0.717) is 0 Å². The Morgan fingerprint density at radius 2 is 1.86 bits per heavy atom. The Morgan fingerprint density at radius 1 is 1.00 bits per heavy atom. The number of halogens is 1. The molecule has 1 heterocycles. The monoisotopic (exact) mass is 296 g/mol. The number of anilines is 1. The third kappa shape index (κ3) is 3.53. The van der Waals surface area contributed by atoms with Gasteiger partial charge in [0.1, 0.15) is 0 Å². The van der Waals surface area contributed by atoms with E-state index in [2.05, 4.69) is 40.6 Å². The lowest BCUT2D eigenvalue weighted by Gasteiger charge is -2.09.